The zero-order valence-electron chi connectivity index (χ0n) is 19.2. The van der Waals surface area contributed by atoms with Crippen LogP contribution in [0.4, 0.5) is 0 Å². The Morgan fingerprint density at radius 3 is 2.63 bits per heavy atom. The molecule has 4 aromatic rings. The van der Waals surface area contributed by atoms with E-state index in [-0.39, 0.29) is 11.5 Å². The van der Waals surface area contributed by atoms with Crippen LogP contribution in [0.2, 0.25) is 10.0 Å². The first-order chi connectivity index (χ1) is 17.1. The highest BCUT2D eigenvalue weighted by Gasteiger charge is 2.22. The normalized spacial score (nSPS) is 14.6. The van der Waals surface area contributed by atoms with E-state index in [1.165, 1.54) is 11.1 Å². The first-order valence-corrected chi connectivity index (χ1v) is 12.6. The van der Waals surface area contributed by atoms with E-state index in [1.807, 2.05) is 48.5 Å². The molecule has 1 heterocycles. The first kappa shape index (κ1) is 23.6. The molecule has 1 fully saturated rings. The van der Waals surface area contributed by atoms with Gasteiger partial charge in [-0.2, -0.15) is 9.78 Å². The van der Waals surface area contributed by atoms with Crippen LogP contribution < -0.4 is 10.3 Å². The zero-order chi connectivity index (χ0) is 24.2. The molecular formula is C28H25Cl2N3O2. The van der Waals surface area contributed by atoms with Crippen molar-refractivity contribution in [1.82, 2.24) is 9.66 Å². The molecule has 35 heavy (non-hydrogen) atoms. The predicted octanol–water partition coefficient (Wildman–Crippen LogP) is 7.21. The molecule has 1 saturated carbocycles. The Morgan fingerprint density at radius 1 is 0.971 bits per heavy atom. The number of ether oxygens (including phenoxy) is 1. The van der Waals surface area contributed by atoms with E-state index in [0.29, 0.717) is 27.8 Å². The molecule has 3 aromatic carbocycles. The van der Waals surface area contributed by atoms with Gasteiger partial charge in [-0.1, -0.05) is 72.8 Å². The van der Waals surface area contributed by atoms with Gasteiger partial charge in [-0.25, -0.2) is 4.98 Å². The summed E-state index contributed by atoms with van der Waals surface area (Å²) < 4.78 is 7.42. The molecule has 0 unspecified atom stereocenters. The van der Waals surface area contributed by atoms with Crippen LogP contribution in [0.1, 0.15) is 55.0 Å². The molecule has 5 nitrogen and oxygen atoms in total. The number of para-hydroxylation sites is 1. The lowest BCUT2D eigenvalue weighted by Gasteiger charge is -2.22. The molecule has 0 spiro atoms. The van der Waals surface area contributed by atoms with Gasteiger partial charge in [-0.15, -0.1) is 0 Å². The molecule has 1 aliphatic carbocycles. The van der Waals surface area contributed by atoms with Gasteiger partial charge in [0.15, 0.2) is 0 Å². The third-order valence-electron chi connectivity index (χ3n) is 6.32. The number of aromatic nitrogens is 2. The van der Waals surface area contributed by atoms with E-state index in [2.05, 4.69) is 5.10 Å². The molecule has 1 aromatic heterocycles. The summed E-state index contributed by atoms with van der Waals surface area (Å²) in [5.74, 6) is 1.67. The van der Waals surface area contributed by atoms with Gasteiger partial charge in [0.25, 0.3) is 5.56 Å². The summed E-state index contributed by atoms with van der Waals surface area (Å²) in [7, 11) is 0. The fourth-order valence-electron chi connectivity index (χ4n) is 4.48. The maximum absolute atomic E-state index is 13.4. The van der Waals surface area contributed by atoms with Gasteiger partial charge >= 0.3 is 0 Å². The second-order valence-corrected chi connectivity index (χ2v) is 9.61. The fraction of sp³-hybridized carbons (Fsp3) is 0.250. The molecule has 0 radical (unpaired) electrons. The standard InChI is InChI=1S/C28H25Cl2N3O2/c29-24-14-13-20(16-25(24)30)18-35-22-10-6-7-19(15-22)17-31-33-27(21-8-2-1-3-9-21)32-26-12-5-4-11-23(26)28(33)34/h4-7,10-17,21H,1-3,8-9,18H2. The Hall–Kier alpha value is -3.15. The van der Waals surface area contributed by atoms with Crippen molar-refractivity contribution in [2.24, 2.45) is 5.10 Å². The van der Waals surface area contributed by atoms with Crippen LogP contribution in [0, 0.1) is 0 Å². The Kier molecular flexibility index (Phi) is 7.16. The summed E-state index contributed by atoms with van der Waals surface area (Å²) in [6.07, 6.45) is 7.27. The van der Waals surface area contributed by atoms with E-state index in [1.54, 1.807) is 24.4 Å². The maximum Gasteiger partial charge on any atom is 0.282 e. The number of fused-ring (bicyclic) bond motifs is 1. The van der Waals surface area contributed by atoms with Crippen LogP contribution in [0.25, 0.3) is 10.9 Å². The predicted molar refractivity (Wildman–Crippen MR) is 142 cm³/mol. The highest BCUT2D eigenvalue weighted by Crippen LogP contribution is 2.31. The maximum atomic E-state index is 13.4. The van der Waals surface area contributed by atoms with Gasteiger partial charge in [0.05, 0.1) is 27.2 Å². The number of nitrogens with zero attached hydrogens (tertiary/aromatic N) is 3. The molecule has 1 aliphatic rings. The van der Waals surface area contributed by atoms with Crippen LogP contribution in [-0.2, 0) is 6.61 Å². The van der Waals surface area contributed by atoms with E-state index in [0.717, 1.165) is 48.2 Å². The molecule has 0 N–H and O–H groups in total. The quantitative estimate of drug-likeness (QED) is 0.260. The summed E-state index contributed by atoms with van der Waals surface area (Å²) in [4.78, 5) is 18.2. The largest absolute Gasteiger partial charge is 0.489 e. The van der Waals surface area contributed by atoms with Gasteiger partial charge in [0, 0.05) is 5.92 Å². The molecule has 0 aliphatic heterocycles. The summed E-state index contributed by atoms with van der Waals surface area (Å²) in [5.41, 5.74) is 2.33. The molecule has 0 saturated heterocycles. The molecular weight excluding hydrogens is 481 g/mol. The summed E-state index contributed by atoms with van der Waals surface area (Å²) in [5, 5.41) is 6.19. The number of hydrogen-bond donors (Lipinski definition) is 0. The van der Waals surface area contributed by atoms with Crippen molar-refractivity contribution >= 4 is 40.3 Å². The minimum atomic E-state index is -0.139. The first-order valence-electron chi connectivity index (χ1n) is 11.8. The molecule has 0 atom stereocenters. The average Bonchev–Trinajstić information content (AvgIpc) is 2.89. The summed E-state index contributed by atoms with van der Waals surface area (Å²) in [6.45, 7) is 0.358. The number of benzene rings is 3. The summed E-state index contributed by atoms with van der Waals surface area (Å²) in [6, 6.07) is 20.5. The lowest BCUT2D eigenvalue weighted by molar-refractivity contribution is 0.306. The molecule has 7 heteroatoms. The molecule has 178 valence electrons. The second-order valence-electron chi connectivity index (χ2n) is 8.79. The van der Waals surface area contributed by atoms with Crippen LogP contribution in [0.5, 0.6) is 5.75 Å². The smallest absolute Gasteiger partial charge is 0.282 e. The van der Waals surface area contributed by atoms with Crippen molar-refractivity contribution in [1.29, 1.82) is 0 Å². The third kappa shape index (κ3) is 5.42. The Morgan fingerprint density at radius 2 is 1.80 bits per heavy atom. The average molecular weight is 506 g/mol. The van der Waals surface area contributed by atoms with Gasteiger partial charge in [-0.3, -0.25) is 4.79 Å². The van der Waals surface area contributed by atoms with Crippen molar-refractivity contribution in [3.05, 3.63) is 104 Å². The van der Waals surface area contributed by atoms with Crippen LogP contribution in [0.15, 0.2) is 76.6 Å². The molecule has 5 rings (SSSR count). The van der Waals surface area contributed by atoms with E-state index < -0.39 is 0 Å². The minimum Gasteiger partial charge on any atom is -0.489 e. The van der Waals surface area contributed by atoms with Gasteiger partial charge in [-0.05, 0) is 60.4 Å². The highest BCUT2D eigenvalue weighted by molar-refractivity contribution is 6.42. The van der Waals surface area contributed by atoms with Crippen molar-refractivity contribution in [2.75, 3.05) is 0 Å². The highest BCUT2D eigenvalue weighted by atomic mass is 35.5. The van der Waals surface area contributed by atoms with Crippen LogP contribution in [-0.4, -0.2) is 15.9 Å². The lowest BCUT2D eigenvalue weighted by atomic mass is 9.88. The van der Waals surface area contributed by atoms with Gasteiger partial charge in [0.2, 0.25) is 0 Å². The van der Waals surface area contributed by atoms with Gasteiger partial charge < -0.3 is 4.74 Å². The van der Waals surface area contributed by atoms with E-state index >= 15 is 0 Å². The molecule has 0 amide bonds. The van der Waals surface area contributed by atoms with Crippen molar-refractivity contribution < 1.29 is 4.74 Å². The van der Waals surface area contributed by atoms with Gasteiger partial charge in [0.1, 0.15) is 18.2 Å². The van der Waals surface area contributed by atoms with Crippen molar-refractivity contribution in [2.45, 2.75) is 44.6 Å². The van der Waals surface area contributed by atoms with E-state index in [9.17, 15) is 4.79 Å². The lowest BCUT2D eigenvalue weighted by Crippen LogP contribution is -2.25. The Labute approximate surface area is 214 Å². The Balaban J connectivity index is 1.42. The fourth-order valence-corrected chi connectivity index (χ4v) is 4.80. The topological polar surface area (TPSA) is 56.5 Å². The Bertz CT molecular complexity index is 1440. The number of hydrogen-bond acceptors (Lipinski definition) is 4. The van der Waals surface area contributed by atoms with E-state index in [4.69, 9.17) is 32.9 Å². The van der Waals surface area contributed by atoms with Crippen molar-refractivity contribution in [3.63, 3.8) is 0 Å². The SMILES string of the molecule is O=c1c2ccccc2nc(C2CCCCC2)n1N=Cc1cccc(OCc2ccc(Cl)c(Cl)c2)c1. The second kappa shape index (κ2) is 10.6. The number of rotatable bonds is 6. The minimum absolute atomic E-state index is 0.139. The molecule has 0 bridgehead atoms. The third-order valence-corrected chi connectivity index (χ3v) is 7.06. The summed E-state index contributed by atoms with van der Waals surface area (Å²) >= 11 is 12.1. The number of halogens is 2. The van der Waals surface area contributed by atoms with Crippen LogP contribution in [0.3, 0.4) is 0 Å². The van der Waals surface area contributed by atoms with Crippen molar-refractivity contribution in [3.8, 4) is 5.75 Å². The monoisotopic (exact) mass is 505 g/mol. The zero-order valence-corrected chi connectivity index (χ0v) is 20.7. The van der Waals surface area contributed by atoms with Crippen LogP contribution >= 0.6 is 23.2 Å².